The van der Waals surface area contributed by atoms with E-state index < -0.39 is 11.9 Å². The summed E-state index contributed by atoms with van der Waals surface area (Å²) in [6, 6.07) is 8.85. The van der Waals surface area contributed by atoms with Crippen molar-refractivity contribution in [2.45, 2.75) is 25.4 Å². The van der Waals surface area contributed by atoms with Crippen LogP contribution in [-0.2, 0) is 16.1 Å². The maximum absolute atomic E-state index is 13.4. The molecule has 140 valence electrons. The summed E-state index contributed by atoms with van der Waals surface area (Å²) in [5, 5.41) is 10.3. The number of benzene rings is 2. The first kappa shape index (κ1) is 16.9. The van der Waals surface area contributed by atoms with Crippen LogP contribution in [-0.4, -0.2) is 28.7 Å². The second kappa shape index (κ2) is 6.42. The van der Waals surface area contributed by atoms with Crippen LogP contribution in [0.4, 0.5) is 11.4 Å². The van der Waals surface area contributed by atoms with Gasteiger partial charge in [-0.05, 0) is 23.9 Å². The first-order chi connectivity index (χ1) is 13.6. The molecule has 8 heteroatoms. The van der Waals surface area contributed by atoms with Gasteiger partial charge in [-0.2, -0.15) is 0 Å². The molecule has 1 aromatic heterocycles. The van der Waals surface area contributed by atoms with E-state index >= 15 is 0 Å². The minimum atomic E-state index is -0.685. The quantitative estimate of drug-likeness (QED) is 0.666. The summed E-state index contributed by atoms with van der Waals surface area (Å²) in [7, 11) is 0. The number of amides is 3. The van der Waals surface area contributed by atoms with E-state index in [9.17, 15) is 14.4 Å². The minimum Gasteiger partial charge on any atom is -0.378 e. The SMILES string of the molecule is O=C1CCC(N2C(=O)c3c(NCc4nccs4)ccc4cccc2c34)C(=O)N1. The Labute approximate surface area is 164 Å². The summed E-state index contributed by atoms with van der Waals surface area (Å²) in [5.41, 5.74) is 1.99. The predicted octanol–water partition coefficient (Wildman–Crippen LogP) is 2.67. The van der Waals surface area contributed by atoms with Gasteiger partial charge in [0.05, 0.1) is 17.8 Å². The average molecular weight is 392 g/mol. The van der Waals surface area contributed by atoms with Crippen molar-refractivity contribution in [1.82, 2.24) is 10.3 Å². The molecule has 0 bridgehead atoms. The van der Waals surface area contributed by atoms with Gasteiger partial charge in [0, 0.05) is 29.1 Å². The molecule has 1 saturated heterocycles. The smallest absolute Gasteiger partial charge is 0.261 e. The Balaban J connectivity index is 1.57. The summed E-state index contributed by atoms with van der Waals surface area (Å²) in [6.07, 6.45) is 2.29. The fraction of sp³-hybridized carbons (Fsp3) is 0.200. The Morgan fingerprint density at radius 2 is 2.11 bits per heavy atom. The lowest BCUT2D eigenvalue weighted by molar-refractivity contribution is -0.134. The van der Waals surface area contributed by atoms with E-state index in [1.165, 1.54) is 4.90 Å². The first-order valence-corrected chi connectivity index (χ1v) is 9.86. The number of carbonyl (C=O) groups is 3. The second-order valence-electron chi connectivity index (χ2n) is 6.78. The van der Waals surface area contributed by atoms with Gasteiger partial charge >= 0.3 is 0 Å². The van der Waals surface area contributed by atoms with Crippen LogP contribution >= 0.6 is 11.3 Å². The van der Waals surface area contributed by atoms with Gasteiger partial charge in [0.15, 0.2) is 0 Å². The largest absolute Gasteiger partial charge is 0.378 e. The topological polar surface area (TPSA) is 91.4 Å². The Morgan fingerprint density at radius 1 is 1.21 bits per heavy atom. The van der Waals surface area contributed by atoms with Gasteiger partial charge in [-0.3, -0.25) is 24.6 Å². The van der Waals surface area contributed by atoms with Gasteiger partial charge in [0.1, 0.15) is 11.0 Å². The lowest BCUT2D eigenvalue weighted by atomic mass is 10.0. The maximum Gasteiger partial charge on any atom is 0.261 e. The van der Waals surface area contributed by atoms with E-state index in [4.69, 9.17) is 0 Å². The van der Waals surface area contributed by atoms with Crippen LogP contribution in [0.1, 0.15) is 28.2 Å². The molecule has 3 amide bonds. The van der Waals surface area contributed by atoms with E-state index in [-0.39, 0.29) is 18.2 Å². The standard InChI is InChI=1S/C20H16N4O3S/c25-15-7-6-14(19(26)23-15)24-13-3-1-2-11-4-5-12(18(17(11)13)20(24)27)22-10-16-21-8-9-28-16/h1-5,8-9,14,22H,6-7,10H2,(H,23,25,26). The fourth-order valence-electron chi connectivity index (χ4n) is 3.91. The molecule has 1 unspecified atom stereocenters. The van der Waals surface area contributed by atoms with E-state index in [2.05, 4.69) is 15.6 Å². The van der Waals surface area contributed by atoms with Gasteiger partial charge in [0.2, 0.25) is 11.8 Å². The van der Waals surface area contributed by atoms with Gasteiger partial charge in [-0.25, -0.2) is 4.98 Å². The molecule has 1 fully saturated rings. The lowest BCUT2D eigenvalue weighted by Gasteiger charge is -2.30. The highest BCUT2D eigenvalue weighted by molar-refractivity contribution is 7.09. The van der Waals surface area contributed by atoms with Gasteiger partial charge in [0.25, 0.3) is 5.91 Å². The second-order valence-corrected chi connectivity index (χ2v) is 7.76. The number of carbonyl (C=O) groups excluding carboxylic acids is 3. The summed E-state index contributed by atoms with van der Waals surface area (Å²) in [6.45, 7) is 0.518. The Kier molecular flexibility index (Phi) is 3.87. The number of hydrogen-bond donors (Lipinski definition) is 2. The van der Waals surface area contributed by atoms with E-state index in [0.29, 0.717) is 24.2 Å². The van der Waals surface area contributed by atoms with Crippen LogP contribution in [0.5, 0.6) is 0 Å². The molecule has 1 atom stereocenters. The third-order valence-electron chi connectivity index (χ3n) is 5.15. The zero-order chi connectivity index (χ0) is 19.3. The van der Waals surface area contributed by atoms with Crippen LogP contribution in [0.15, 0.2) is 41.9 Å². The summed E-state index contributed by atoms with van der Waals surface area (Å²) >= 11 is 1.54. The normalized spacial score (nSPS) is 18.6. The molecule has 3 heterocycles. The first-order valence-electron chi connectivity index (χ1n) is 8.99. The molecule has 5 rings (SSSR count). The molecular weight excluding hydrogens is 376 g/mol. The molecule has 3 aromatic rings. The number of hydrogen-bond acceptors (Lipinski definition) is 6. The zero-order valence-electron chi connectivity index (χ0n) is 14.8. The van der Waals surface area contributed by atoms with Crippen LogP contribution in [0.25, 0.3) is 10.8 Å². The third kappa shape index (κ3) is 2.56. The molecule has 28 heavy (non-hydrogen) atoms. The Bertz CT molecular complexity index is 1130. The zero-order valence-corrected chi connectivity index (χ0v) is 15.6. The van der Waals surface area contributed by atoms with Crippen molar-refractivity contribution in [2.75, 3.05) is 10.2 Å². The lowest BCUT2D eigenvalue weighted by Crippen LogP contribution is -2.53. The van der Waals surface area contributed by atoms with Crippen molar-refractivity contribution >= 4 is 51.2 Å². The number of anilines is 2. The number of nitrogens with one attached hydrogen (secondary N) is 2. The molecule has 2 aliphatic rings. The monoisotopic (exact) mass is 392 g/mol. The van der Waals surface area contributed by atoms with Crippen molar-refractivity contribution in [2.24, 2.45) is 0 Å². The molecule has 0 saturated carbocycles. The van der Waals surface area contributed by atoms with Gasteiger partial charge in [-0.1, -0.05) is 18.2 Å². The minimum absolute atomic E-state index is 0.220. The van der Waals surface area contributed by atoms with Crippen molar-refractivity contribution in [3.05, 3.63) is 52.5 Å². The number of rotatable bonds is 4. The van der Waals surface area contributed by atoms with Crippen LogP contribution in [0.2, 0.25) is 0 Å². The summed E-state index contributed by atoms with van der Waals surface area (Å²) in [4.78, 5) is 43.1. The molecule has 0 aliphatic carbocycles. The number of imide groups is 1. The predicted molar refractivity (Wildman–Crippen MR) is 106 cm³/mol. The number of piperidine rings is 1. The van der Waals surface area contributed by atoms with E-state index in [1.54, 1.807) is 17.5 Å². The highest BCUT2D eigenvalue weighted by atomic mass is 32.1. The van der Waals surface area contributed by atoms with Crippen molar-refractivity contribution in [1.29, 1.82) is 0 Å². The van der Waals surface area contributed by atoms with E-state index in [1.807, 2.05) is 35.7 Å². The summed E-state index contributed by atoms with van der Waals surface area (Å²) in [5.74, 6) is -0.941. The average Bonchev–Trinajstić information content (AvgIpc) is 3.30. The third-order valence-corrected chi connectivity index (χ3v) is 5.93. The van der Waals surface area contributed by atoms with Gasteiger partial charge in [-0.15, -0.1) is 11.3 Å². The highest BCUT2D eigenvalue weighted by Gasteiger charge is 2.41. The molecule has 7 nitrogen and oxygen atoms in total. The molecule has 2 aliphatic heterocycles. The number of aromatic nitrogens is 1. The Morgan fingerprint density at radius 3 is 2.89 bits per heavy atom. The maximum atomic E-state index is 13.4. The summed E-state index contributed by atoms with van der Waals surface area (Å²) < 4.78 is 0. The van der Waals surface area contributed by atoms with E-state index in [0.717, 1.165) is 21.5 Å². The van der Waals surface area contributed by atoms with Crippen LogP contribution < -0.4 is 15.5 Å². The van der Waals surface area contributed by atoms with Crippen molar-refractivity contribution < 1.29 is 14.4 Å². The molecule has 2 aromatic carbocycles. The van der Waals surface area contributed by atoms with Crippen molar-refractivity contribution in [3.63, 3.8) is 0 Å². The van der Waals surface area contributed by atoms with Gasteiger partial charge < -0.3 is 5.32 Å². The Hall–Kier alpha value is -3.26. The van der Waals surface area contributed by atoms with Crippen LogP contribution in [0, 0.1) is 0 Å². The highest BCUT2D eigenvalue weighted by Crippen LogP contribution is 2.42. The van der Waals surface area contributed by atoms with Crippen LogP contribution in [0.3, 0.4) is 0 Å². The molecule has 0 spiro atoms. The number of thiazole rings is 1. The molecule has 2 N–H and O–H groups in total. The molecular formula is C20H16N4O3S. The van der Waals surface area contributed by atoms with Crippen molar-refractivity contribution in [3.8, 4) is 0 Å². The number of nitrogens with zero attached hydrogens (tertiary/aromatic N) is 2. The molecule has 0 radical (unpaired) electrons. The fourth-order valence-corrected chi connectivity index (χ4v) is 4.46.